The molecule has 1 aliphatic heterocycles. The number of nitrogen functional groups attached to an aromatic ring is 1. The maximum atomic E-state index is 12.9. The van der Waals surface area contributed by atoms with Crippen molar-refractivity contribution in [2.75, 3.05) is 10.6 Å². The minimum absolute atomic E-state index is 0.0661. The Bertz CT molecular complexity index is 823. The zero-order valence-electron chi connectivity index (χ0n) is 13.6. The molecule has 122 valence electrons. The van der Waals surface area contributed by atoms with Crippen molar-refractivity contribution >= 4 is 51.2 Å². The van der Waals surface area contributed by atoms with E-state index in [-0.39, 0.29) is 5.91 Å². The van der Waals surface area contributed by atoms with Gasteiger partial charge < -0.3 is 5.73 Å². The van der Waals surface area contributed by atoms with Crippen LogP contribution in [0.2, 0.25) is 0 Å². The molecule has 0 aliphatic carbocycles. The van der Waals surface area contributed by atoms with Crippen LogP contribution in [0.25, 0.3) is 5.57 Å². The fourth-order valence-corrected chi connectivity index (χ4v) is 3.91. The average molecular weight is 354 g/mol. The maximum Gasteiger partial charge on any atom is 0.271 e. The lowest BCUT2D eigenvalue weighted by Crippen LogP contribution is -2.27. The van der Waals surface area contributed by atoms with E-state index in [4.69, 9.17) is 18.0 Å². The van der Waals surface area contributed by atoms with Gasteiger partial charge >= 0.3 is 0 Å². The lowest BCUT2D eigenvalue weighted by molar-refractivity contribution is -0.113. The van der Waals surface area contributed by atoms with Gasteiger partial charge in [0.05, 0.1) is 10.6 Å². The molecule has 24 heavy (non-hydrogen) atoms. The molecule has 1 saturated heterocycles. The highest BCUT2D eigenvalue weighted by Crippen LogP contribution is 2.39. The van der Waals surface area contributed by atoms with E-state index in [1.54, 1.807) is 4.90 Å². The third kappa shape index (κ3) is 3.09. The van der Waals surface area contributed by atoms with Gasteiger partial charge in [-0.3, -0.25) is 9.69 Å². The number of anilines is 2. The van der Waals surface area contributed by atoms with E-state index in [9.17, 15) is 4.79 Å². The number of aryl methyl sites for hydroxylation is 1. The monoisotopic (exact) mass is 354 g/mol. The summed E-state index contributed by atoms with van der Waals surface area (Å²) < 4.78 is 0.564. The van der Waals surface area contributed by atoms with Crippen LogP contribution in [-0.2, 0) is 11.2 Å². The second-order valence-electron chi connectivity index (χ2n) is 5.60. The summed E-state index contributed by atoms with van der Waals surface area (Å²) in [6.07, 6.45) is 0.967. The quantitative estimate of drug-likeness (QED) is 0.496. The number of nitrogens with zero attached hydrogens (tertiary/aromatic N) is 1. The Morgan fingerprint density at radius 3 is 2.33 bits per heavy atom. The molecule has 2 N–H and O–H groups in total. The second kappa shape index (κ2) is 6.79. The molecule has 3 rings (SSSR count). The molecule has 2 aromatic rings. The largest absolute Gasteiger partial charge is 0.399 e. The van der Waals surface area contributed by atoms with Gasteiger partial charge in [0.1, 0.15) is 0 Å². The van der Waals surface area contributed by atoms with Crippen molar-refractivity contribution in [3.63, 3.8) is 0 Å². The van der Waals surface area contributed by atoms with E-state index in [1.807, 2.05) is 55.5 Å². The molecule has 1 fully saturated rings. The molecule has 0 unspecified atom stereocenters. The standard InChI is InChI=1S/C19H18N2OS2/c1-3-13-4-10-16(11-5-13)21-18(22)17(24-19(21)23)12(2)14-6-8-15(20)9-7-14/h4-11H,3,20H2,1-2H3/b17-12-. The summed E-state index contributed by atoms with van der Waals surface area (Å²) in [6.45, 7) is 4.05. The number of rotatable bonds is 3. The van der Waals surface area contributed by atoms with Gasteiger partial charge in [-0.05, 0) is 54.3 Å². The Balaban J connectivity index is 1.95. The first-order valence-corrected chi connectivity index (χ1v) is 8.95. The number of thiocarbonyl (C=S) groups is 1. The predicted molar refractivity (Wildman–Crippen MR) is 107 cm³/mol. The molecular weight excluding hydrogens is 336 g/mol. The number of allylic oxidation sites excluding steroid dienone is 1. The van der Waals surface area contributed by atoms with Crippen molar-refractivity contribution in [1.29, 1.82) is 0 Å². The van der Waals surface area contributed by atoms with E-state index < -0.39 is 0 Å². The van der Waals surface area contributed by atoms with Gasteiger partial charge in [0.2, 0.25) is 0 Å². The third-order valence-corrected chi connectivity index (χ3v) is 5.53. The lowest BCUT2D eigenvalue weighted by atomic mass is 10.1. The first-order chi connectivity index (χ1) is 11.5. The summed E-state index contributed by atoms with van der Waals surface area (Å²) in [7, 11) is 0. The van der Waals surface area contributed by atoms with Gasteiger partial charge in [-0.2, -0.15) is 0 Å². The molecule has 1 aliphatic rings. The lowest BCUT2D eigenvalue weighted by Gasteiger charge is -2.15. The van der Waals surface area contributed by atoms with Crippen LogP contribution in [0.5, 0.6) is 0 Å². The molecule has 0 atom stereocenters. The Morgan fingerprint density at radius 2 is 1.75 bits per heavy atom. The van der Waals surface area contributed by atoms with Crippen LogP contribution in [0.4, 0.5) is 11.4 Å². The highest BCUT2D eigenvalue weighted by Gasteiger charge is 2.34. The first-order valence-electron chi connectivity index (χ1n) is 7.73. The van der Waals surface area contributed by atoms with Crippen molar-refractivity contribution in [3.05, 3.63) is 64.6 Å². The van der Waals surface area contributed by atoms with Crippen molar-refractivity contribution in [1.82, 2.24) is 0 Å². The number of hydrogen-bond donors (Lipinski definition) is 1. The van der Waals surface area contributed by atoms with Gasteiger partial charge in [0, 0.05) is 5.69 Å². The van der Waals surface area contributed by atoms with Gasteiger partial charge in [-0.1, -0.05) is 55.2 Å². The minimum Gasteiger partial charge on any atom is -0.399 e. The van der Waals surface area contributed by atoms with Crippen LogP contribution in [0.3, 0.4) is 0 Å². The number of thioether (sulfide) groups is 1. The van der Waals surface area contributed by atoms with Crippen LogP contribution in [-0.4, -0.2) is 10.2 Å². The number of nitrogens with two attached hydrogens (primary N) is 1. The van der Waals surface area contributed by atoms with Crippen LogP contribution >= 0.6 is 24.0 Å². The summed E-state index contributed by atoms with van der Waals surface area (Å²) in [5, 5.41) is 0. The van der Waals surface area contributed by atoms with Crippen molar-refractivity contribution in [2.24, 2.45) is 0 Å². The van der Waals surface area contributed by atoms with Crippen LogP contribution < -0.4 is 10.6 Å². The summed E-state index contributed by atoms with van der Waals surface area (Å²) in [6, 6.07) is 15.5. The fraction of sp³-hybridized carbons (Fsp3) is 0.158. The van der Waals surface area contributed by atoms with E-state index in [0.29, 0.717) is 14.9 Å². The highest BCUT2D eigenvalue weighted by atomic mass is 32.2. The summed E-state index contributed by atoms with van der Waals surface area (Å²) in [5.41, 5.74) is 10.4. The molecule has 0 spiro atoms. The number of benzene rings is 2. The minimum atomic E-state index is -0.0661. The third-order valence-electron chi connectivity index (χ3n) is 4.06. The second-order valence-corrected chi connectivity index (χ2v) is 7.25. The van der Waals surface area contributed by atoms with Crippen molar-refractivity contribution in [3.8, 4) is 0 Å². The smallest absolute Gasteiger partial charge is 0.271 e. The van der Waals surface area contributed by atoms with Gasteiger partial charge in [0.15, 0.2) is 4.32 Å². The SMILES string of the molecule is CCc1ccc(N2C(=O)/C(=C(\C)c3ccc(N)cc3)SC2=S)cc1. The number of hydrogen-bond acceptors (Lipinski definition) is 4. The van der Waals surface area contributed by atoms with Gasteiger partial charge in [-0.15, -0.1) is 0 Å². The first kappa shape index (κ1) is 16.7. The molecule has 0 bridgehead atoms. The predicted octanol–water partition coefficient (Wildman–Crippen LogP) is 4.63. The summed E-state index contributed by atoms with van der Waals surface area (Å²) in [4.78, 5) is 15.2. The molecule has 0 radical (unpaired) electrons. The van der Waals surface area contributed by atoms with Crippen molar-refractivity contribution in [2.45, 2.75) is 20.3 Å². The number of amides is 1. The zero-order valence-corrected chi connectivity index (χ0v) is 15.2. The molecule has 5 heteroatoms. The Hall–Kier alpha value is -2.11. The van der Waals surface area contributed by atoms with Crippen LogP contribution in [0.15, 0.2) is 53.4 Å². The van der Waals surface area contributed by atoms with E-state index in [0.717, 1.165) is 23.2 Å². The maximum absolute atomic E-state index is 12.9. The van der Waals surface area contributed by atoms with Gasteiger partial charge in [-0.25, -0.2) is 0 Å². The molecule has 1 amide bonds. The number of carbonyl (C=O) groups is 1. The fourth-order valence-electron chi connectivity index (χ4n) is 2.57. The van der Waals surface area contributed by atoms with Crippen LogP contribution in [0, 0.1) is 0 Å². The molecule has 1 heterocycles. The highest BCUT2D eigenvalue weighted by molar-refractivity contribution is 8.27. The van der Waals surface area contributed by atoms with E-state index >= 15 is 0 Å². The number of carbonyl (C=O) groups excluding carboxylic acids is 1. The zero-order chi connectivity index (χ0) is 17.3. The molecule has 3 nitrogen and oxygen atoms in total. The normalized spacial score (nSPS) is 16.7. The summed E-state index contributed by atoms with van der Waals surface area (Å²) in [5.74, 6) is -0.0661. The Kier molecular flexibility index (Phi) is 4.73. The molecule has 0 aromatic heterocycles. The molecule has 0 saturated carbocycles. The van der Waals surface area contributed by atoms with E-state index in [1.165, 1.54) is 17.3 Å². The average Bonchev–Trinajstić information content (AvgIpc) is 2.89. The molecule has 2 aromatic carbocycles. The Labute approximate surface area is 151 Å². The van der Waals surface area contributed by atoms with Crippen molar-refractivity contribution < 1.29 is 4.79 Å². The van der Waals surface area contributed by atoms with Crippen LogP contribution in [0.1, 0.15) is 25.0 Å². The van der Waals surface area contributed by atoms with E-state index in [2.05, 4.69) is 6.92 Å². The Morgan fingerprint density at radius 1 is 1.12 bits per heavy atom. The summed E-state index contributed by atoms with van der Waals surface area (Å²) >= 11 is 6.79. The molecular formula is C19H18N2OS2. The van der Waals surface area contributed by atoms with Gasteiger partial charge in [0.25, 0.3) is 5.91 Å². The topological polar surface area (TPSA) is 46.3 Å².